The fraction of sp³-hybridized carbons (Fsp3) is 0.625. The number of aliphatic hydroxyl groups is 1. The molecule has 3 heteroatoms. The first-order valence-corrected chi connectivity index (χ1v) is 10.7. The summed E-state index contributed by atoms with van der Waals surface area (Å²) in [6.45, 7) is 4.17. The van der Waals surface area contributed by atoms with E-state index in [2.05, 4.69) is 6.58 Å². The number of esters is 1. The van der Waals surface area contributed by atoms with Crippen LogP contribution >= 0.6 is 0 Å². The quantitative estimate of drug-likeness (QED) is 0.512. The molecule has 1 aromatic carbocycles. The molecular weight excluding hydrogens is 336 g/mol. The molecule has 1 aliphatic rings. The summed E-state index contributed by atoms with van der Waals surface area (Å²) in [5.74, 6) is -0.0292. The fourth-order valence-corrected chi connectivity index (χ4v) is 4.04. The molecule has 0 spiro atoms. The predicted molar refractivity (Wildman–Crippen MR) is 110 cm³/mol. The highest BCUT2D eigenvalue weighted by Crippen LogP contribution is 2.29. The Morgan fingerprint density at radius 1 is 1.04 bits per heavy atom. The smallest absolute Gasteiger partial charge is 0.309 e. The second-order valence-electron chi connectivity index (χ2n) is 8.06. The Morgan fingerprint density at radius 2 is 1.63 bits per heavy atom. The molecule has 27 heavy (non-hydrogen) atoms. The first-order valence-electron chi connectivity index (χ1n) is 10.7. The van der Waals surface area contributed by atoms with E-state index < -0.39 is 5.60 Å². The number of carbonyl (C=O) groups is 1. The maximum Gasteiger partial charge on any atom is 0.309 e. The van der Waals surface area contributed by atoms with Gasteiger partial charge in [-0.3, -0.25) is 4.79 Å². The summed E-state index contributed by atoms with van der Waals surface area (Å²) in [6.07, 6.45) is 13.5. The van der Waals surface area contributed by atoms with Crippen molar-refractivity contribution in [3.8, 4) is 0 Å². The third kappa shape index (κ3) is 8.30. The molecule has 0 saturated heterocycles. The van der Waals surface area contributed by atoms with Crippen LogP contribution in [0.4, 0.5) is 0 Å². The van der Waals surface area contributed by atoms with Crippen molar-refractivity contribution in [2.45, 2.75) is 89.3 Å². The van der Waals surface area contributed by atoms with Gasteiger partial charge in [-0.15, -0.1) is 6.58 Å². The van der Waals surface area contributed by atoms with Crippen LogP contribution in [0.2, 0.25) is 0 Å². The van der Waals surface area contributed by atoms with Gasteiger partial charge in [0.1, 0.15) is 6.61 Å². The third-order valence-corrected chi connectivity index (χ3v) is 5.72. The minimum atomic E-state index is -0.580. The number of ether oxygens (including phenoxy) is 1. The van der Waals surface area contributed by atoms with Crippen molar-refractivity contribution in [1.29, 1.82) is 0 Å². The van der Waals surface area contributed by atoms with E-state index in [1.54, 1.807) is 0 Å². The molecule has 0 heterocycles. The van der Waals surface area contributed by atoms with E-state index in [-0.39, 0.29) is 11.9 Å². The molecule has 1 aromatic rings. The molecular formula is C24H36O3. The molecule has 150 valence electrons. The maximum atomic E-state index is 12.6. The maximum absolute atomic E-state index is 12.6. The van der Waals surface area contributed by atoms with Crippen LogP contribution in [-0.4, -0.2) is 16.7 Å². The highest BCUT2D eigenvalue weighted by molar-refractivity contribution is 5.72. The van der Waals surface area contributed by atoms with Crippen LogP contribution in [0.1, 0.15) is 82.6 Å². The molecule has 1 N–H and O–H groups in total. The van der Waals surface area contributed by atoms with Crippen LogP contribution in [0.3, 0.4) is 0 Å². The SMILES string of the molecule is C=CC[C@@]1(O)CCCCCCC(C(=O)OCc2ccccc2)CCCCC1. The standard InChI is InChI=1S/C24H36O3/c1-2-17-24(26)18-11-4-3-9-15-22(16-10-6-12-19-24)23(25)27-20-21-13-7-5-8-14-21/h2,5,7-8,13-14,22,26H,1,3-4,6,9-12,15-20H2/t22?,24-/m1/s1. The van der Waals surface area contributed by atoms with Crippen molar-refractivity contribution in [2.75, 3.05) is 0 Å². The molecule has 1 unspecified atom stereocenters. The van der Waals surface area contributed by atoms with Gasteiger partial charge in [0, 0.05) is 0 Å². The number of carbonyl (C=O) groups excluding carboxylic acids is 1. The van der Waals surface area contributed by atoms with Crippen LogP contribution in [0.5, 0.6) is 0 Å². The molecule has 0 radical (unpaired) electrons. The van der Waals surface area contributed by atoms with E-state index in [0.29, 0.717) is 13.0 Å². The van der Waals surface area contributed by atoms with Gasteiger partial charge >= 0.3 is 5.97 Å². The third-order valence-electron chi connectivity index (χ3n) is 5.72. The van der Waals surface area contributed by atoms with Crippen molar-refractivity contribution in [1.82, 2.24) is 0 Å². The number of hydrogen-bond acceptors (Lipinski definition) is 3. The van der Waals surface area contributed by atoms with Crippen LogP contribution in [0, 0.1) is 5.92 Å². The molecule has 0 amide bonds. The Morgan fingerprint density at radius 3 is 2.26 bits per heavy atom. The van der Waals surface area contributed by atoms with Crippen molar-refractivity contribution in [2.24, 2.45) is 5.92 Å². The first kappa shape index (κ1) is 21.7. The monoisotopic (exact) mass is 372 g/mol. The Hall–Kier alpha value is -1.61. The summed E-state index contributed by atoms with van der Waals surface area (Å²) in [4.78, 5) is 12.6. The Bertz CT molecular complexity index is 554. The zero-order valence-corrected chi connectivity index (χ0v) is 16.7. The van der Waals surface area contributed by atoms with Gasteiger partial charge in [-0.25, -0.2) is 0 Å². The van der Waals surface area contributed by atoms with Gasteiger partial charge in [0.05, 0.1) is 11.5 Å². The second kappa shape index (κ2) is 12.0. The van der Waals surface area contributed by atoms with Gasteiger partial charge in [0.2, 0.25) is 0 Å². The molecule has 1 fully saturated rings. The van der Waals surface area contributed by atoms with Gasteiger partial charge < -0.3 is 9.84 Å². The summed E-state index contributed by atoms with van der Waals surface area (Å²) < 4.78 is 5.59. The fourth-order valence-electron chi connectivity index (χ4n) is 4.04. The summed E-state index contributed by atoms with van der Waals surface area (Å²) in [5, 5.41) is 10.8. The highest BCUT2D eigenvalue weighted by atomic mass is 16.5. The summed E-state index contributed by atoms with van der Waals surface area (Å²) in [7, 11) is 0. The minimum Gasteiger partial charge on any atom is -0.461 e. The molecule has 0 aliphatic heterocycles. The zero-order valence-electron chi connectivity index (χ0n) is 16.7. The van der Waals surface area contributed by atoms with Crippen molar-refractivity contribution in [3.63, 3.8) is 0 Å². The van der Waals surface area contributed by atoms with Crippen molar-refractivity contribution >= 4 is 5.97 Å². The zero-order chi connectivity index (χ0) is 19.4. The first-order chi connectivity index (χ1) is 13.1. The summed E-state index contributed by atoms with van der Waals surface area (Å²) >= 11 is 0. The van der Waals surface area contributed by atoms with E-state index in [1.165, 1.54) is 0 Å². The Balaban J connectivity index is 1.84. The lowest BCUT2D eigenvalue weighted by atomic mass is 9.87. The van der Waals surface area contributed by atoms with Crippen molar-refractivity contribution in [3.05, 3.63) is 48.6 Å². The molecule has 1 aliphatic carbocycles. The molecule has 0 aromatic heterocycles. The predicted octanol–water partition coefficient (Wildman–Crippen LogP) is 5.96. The van der Waals surface area contributed by atoms with E-state index in [4.69, 9.17) is 4.74 Å². The largest absolute Gasteiger partial charge is 0.461 e. The van der Waals surface area contributed by atoms with Crippen LogP contribution in [0.15, 0.2) is 43.0 Å². The van der Waals surface area contributed by atoms with Gasteiger partial charge in [-0.2, -0.15) is 0 Å². The summed E-state index contributed by atoms with van der Waals surface area (Å²) in [5.41, 5.74) is 0.459. The second-order valence-corrected chi connectivity index (χ2v) is 8.06. The van der Waals surface area contributed by atoms with E-state index in [9.17, 15) is 9.90 Å². The molecule has 0 bridgehead atoms. The minimum absolute atomic E-state index is 0.0153. The molecule has 1 saturated carbocycles. The Kier molecular flexibility index (Phi) is 9.61. The topological polar surface area (TPSA) is 46.5 Å². The number of rotatable bonds is 5. The van der Waals surface area contributed by atoms with Crippen molar-refractivity contribution < 1.29 is 14.6 Å². The highest BCUT2D eigenvalue weighted by Gasteiger charge is 2.25. The van der Waals surface area contributed by atoms with Crippen LogP contribution < -0.4 is 0 Å². The molecule has 2 rings (SSSR count). The summed E-state index contributed by atoms with van der Waals surface area (Å²) in [6, 6.07) is 9.88. The normalized spacial score (nSPS) is 25.4. The average Bonchev–Trinajstić information content (AvgIpc) is 2.69. The van der Waals surface area contributed by atoms with Gasteiger partial charge in [-0.1, -0.05) is 81.4 Å². The lowest BCUT2D eigenvalue weighted by Gasteiger charge is -2.27. The van der Waals surface area contributed by atoms with E-state index >= 15 is 0 Å². The lowest BCUT2D eigenvalue weighted by molar-refractivity contribution is -0.150. The number of hydrogen-bond donors (Lipinski definition) is 1. The number of benzene rings is 1. The van der Waals surface area contributed by atoms with Gasteiger partial charge in [-0.05, 0) is 37.7 Å². The Labute approximate surface area is 164 Å². The van der Waals surface area contributed by atoms with Crippen LogP contribution in [0.25, 0.3) is 0 Å². The van der Waals surface area contributed by atoms with Crippen LogP contribution in [-0.2, 0) is 16.1 Å². The van der Waals surface area contributed by atoms with E-state index in [0.717, 1.165) is 76.2 Å². The molecule has 2 atom stereocenters. The van der Waals surface area contributed by atoms with E-state index in [1.807, 2.05) is 36.4 Å². The lowest BCUT2D eigenvalue weighted by Crippen LogP contribution is -2.27. The molecule has 3 nitrogen and oxygen atoms in total. The van der Waals surface area contributed by atoms with Gasteiger partial charge in [0.15, 0.2) is 0 Å². The average molecular weight is 373 g/mol. The van der Waals surface area contributed by atoms with Gasteiger partial charge in [0.25, 0.3) is 0 Å².